The van der Waals surface area contributed by atoms with E-state index in [4.69, 9.17) is 16.9 Å². The quantitative estimate of drug-likeness (QED) is 0.892. The summed E-state index contributed by atoms with van der Waals surface area (Å²) in [5.41, 5.74) is 0.758. The van der Waals surface area contributed by atoms with Crippen molar-refractivity contribution in [2.75, 3.05) is 0 Å². The lowest BCUT2D eigenvalue weighted by molar-refractivity contribution is 0.572. The molecule has 0 aliphatic heterocycles. The van der Waals surface area contributed by atoms with Gasteiger partial charge in [-0.1, -0.05) is 30.7 Å². The van der Waals surface area contributed by atoms with Crippen molar-refractivity contribution in [1.82, 2.24) is 4.72 Å². The zero-order valence-electron chi connectivity index (χ0n) is 9.35. The summed E-state index contributed by atoms with van der Waals surface area (Å²) in [4.78, 5) is 0. The summed E-state index contributed by atoms with van der Waals surface area (Å²) < 4.78 is 25.8. The van der Waals surface area contributed by atoms with E-state index in [-0.39, 0.29) is 13.0 Å². The molecular weight excluding hydrogens is 260 g/mol. The molecule has 0 spiro atoms. The van der Waals surface area contributed by atoms with Crippen molar-refractivity contribution in [3.8, 4) is 6.07 Å². The summed E-state index contributed by atoms with van der Waals surface area (Å²) in [5, 5.41) is 8.25. The van der Waals surface area contributed by atoms with Crippen LogP contribution in [0.1, 0.15) is 18.9 Å². The van der Waals surface area contributed by atoms with Gasteiger partial charge in [0.15, 0.2) is 5.25 Å². The van der Waals surface area contributed by atoms with Crippen LogP contribution in [0.15, 0.2) is 24.3 Å². The molecule has 0 radical (unpaired) electrons. The standard InChI is InChI=1S/C11H13ClN2O2S/c1-2-11(7-13)17(15,16)14-8-9-4-3-5-10(12)6-9/h3-6,11,14H,2,8H2,1H3. The number of hydrogen-bond acceptors (Lipinski definition) is 3. The second-order valence-electron chi connectivity index (χ2n) is 3.52. The molecule has 0 saturated heterocycles. The van der Waals surface area contributed by atoms with Gasteiger partial charge in [0, 0.05) is 11.6 Å². The molecule has 0 amide bonds. The molecule has 1 aromatic carbocycles. The van der Waals surface area contributed by atoms with Gasteiger partial charge in [0.1, 0.15) is 0 Å². The Morgan fingerprint density at radius 3 is 2.76 bits per heavy atom. The minimum Gasteiger partial charge on any atom is -0.211 e. The Hall–Kier alpha value is -1.09. The molecule has 0 bridgehead atoms. The molecule has 1 atom stereocenters. The number of hydrogen-bond donors (Lipinski definition) is 1. The topological polar surface area (TPSA) is 70.0 Å². The van der Waals surface area contributed by atoms with E-state index in [2.05, 4.69) is 4.72 Å². The Morgan fingerprint density at radius 2 is 2.24 bits per heavy atom. The molecule has 0 saturated carbocycles. The fourth-order valence-electron chi connectivity index (χ4n) is 1.31. The van der Waals surface area contributed by atoms with Crippen molar-refractivity contribution < 1.29 is 8.42 Å². The van der Waals surface area contributed by atoms with Crippen LogP contribution >= 0.6 is 11.6 Å². The van der Waals surface area contributed by atoms with Gasteiger partial charge in [0.2, 0.25) is 10.0 Å². The van der Waals surface area contributed by atoms with Gasteiger partial charge in [-0.15, -0.1) is 0 Å². The highest BCUT2D eigenvalue weighted by molar-refractivity contribution is 7.90. The molecule has 0 fully saturated rings. The van der Waals surface area contributed by atoms with Crippen LogP contribution < -0.4 is 4.72 Å². The van der Waals surface area contributed by atoms with Crippen LogP contribution in [0.4, 0.5) is 0 Å². The van der Waals surface area contributed by atoms with Gasteiger partial charge in [-0.3, -0.25) is 0 Å². The van der Waals surface area contributed by atoms with E-state index >= 15 is 0 Å². The second-order valence-corrected chi connectivity index (χ2v) is 5.91. The number of nitrogens with zero attached hydrogens (tertiary/aromatic N) is 1. The van der Waals surface area contributed by atoms with Crippen LogP contribution in [-0.4, -0.2) is 13.7 Å². The van der Waals surface area contributed by atoms with E-state index in [1.165, 1.54) is 0 Å². The van der Waals surface area contributed by atoms with E-state index < -0.39 is 15.3 Å². The second kappa shape index (κ2) is 6.01. The Labute approximate surface area is 106 Å². The lowest BCUT2D eigenvalue weighted by Gasteiger charge is -2.10. The lowest BCUT2D eigenvalue weighted by Crippen LogP contribution is -2.32. The highest BCUT2D eigenvalue weighted by Gasteiger charge is 2.22. The van der Waals surface area contributed by atoms with Gasteiger partial charge in [-0.05, 0) is 24.1 Å². The van der Waals surface area contributed by atoms with Crippen molar-refractivity contribution in [1.29, 1.82) is 5.26 Å². The van der Waals surface area contributed by atoms with Crippen molar-refractivity contribution in [3.63, 3.8) is 0 Å². The van der Waals surface area contributed by atoms with Crippen LogP contribution in [-0.2, 0) is 16.6 Å². The number of sulfonamides is 1. The SMILES string of the molecule is CCC(C#N)S(=O)(=O)NCc1cccc(Cl)c1. The number of halogens is 1. The molecule has 1 N–H and O–H groups in total. The average Bonchev–Trinajstić information content (AvgIpc) is 2.28. The third-order valence-corrected chi connectivity index (χ3v) is 4.23. The molecule has 1 aromatic rings. The van der Waals surface area contributed by atoms with E-state index in [1.54, 1.807) is 37.3 Å². The summed E-state index contributed by atoms with van der Waals surface area (Å²) in [5.74, 6) is 0. The van der Waals surface area contributed by atoms with Crippen molar-refractivity contribution in [2.45, 2.75) is 25.1 Å². The summed E-state index contributed by atoms with van der Waals surface area (Å²) in [7, 11) is -3.59. The van der Waals surface area contributed by atoms with Crippen LogP contribution in [0.5, 0.6) is 0 Å². The van der Waals surface area contributed by atoms with Crippen LogP contribution in [0.25, 0.3) is 0 Å². The molecule has 17 heavy (non-hydrogen) atoms. The van der Waals surface area contributed by atoms with Crippen molar-refractivity contribution in [3.05, 3.63) is 34.9 Å². The third kappa shape index (κ3) is 4.00. The first-order chi connectivity index (χ1) is 7.99. The minimum atomic E-state index is -3.59. The zero-order valence-corrected chi connectivity index (χ0v) is 10.9. The number of rotatable bonds is 5. The Balaban J connectivity index is 2.71. The summed E-state index contributed by atoms with van der Waals surface area (Å²) in [6.45, 7) is 1.80. The average molecular weight is 273 g/mol. The molecule has 0 aromatic heterocycles. The highest BCUT2D eigenvalue weighted by atomic mass is 35.5. The Kier molecular flexibility index (Phi) is 4.94. The van der Waals surface area contributed by atoms with E-state index in [0.717, 1.165) is 5.56 Å². The van der Waals surface area contributed by atoms with Gasteiger partial charge in [0.05, 0.1) is 6.07 Å². The van der Waals surface area contributed by atoms with E-state index in [1.807, 2.05) is 0 Å². The molecule has 4 nitrogen and oxygen atoms in total. The predicted molar refractivity (Wildman–Crippen MR) is 66.9 cm³/mol. The fraction of sp³-hybridized carbons (Fsp3) is 0.364. The van der Waals surface area contributed by atoms with Gasteiger partial charge in [-0.25, -0.2) is 13.1 Å². The Bertz CT molecular complexity index is 523. The molecule has 1 rings (SSSR count). The van der Waals surface area contributed by atoms with Gasteiger partial charge in [-0.2, -0.15) is 5.26 Å². The first-order valence-corrected chi connectivity index (χ1v) is 7.04. The molecular formula is C11H13ClN2O2S. The molecule has 6 heteroatoms. The number of benzene rings is 1. The number of nitrogens with one attached hydrogen (secondary N) is 1. The molecule has 92 valence electrons. The molecule has 0 heterocycles. The van der Waals surface area contributed by atoms with Crippen molar-refractivity contribution in [2.24, 2.45) is 0 Å². The largest absolute Gasteiger partial charge is 0.228 e. The zero-order chi connectivity index (χ0) is 12.9. The Morgan fingerprint density at radius 1 is 1.53 bits per heavy atom. The first kappa shape index (κ1) is 14.0. The normalized spacial score (nSPS) is 13.0. The van der Waals surface area contributed by atoms with Gasteiger partial charge in [0.25, 0.3) is 0 Å². The highest BCUT2D eigenvalue weighted by Crippen LogP contribution is 2.11. The summed E-state index contributed by atoms with van der Waals surface area (Å²) in [6, 6.07) is 8.66. The monoisotopic (exact) mass is 272 g/mol. The van der Waals surface area contributed by atoms with Crippen LogP contribution in [0, 0.1) is 11.3 Å². The van der Waals surface area contributed by atoms with E-state index in [0.29, 0.717) is 5.02 Å². The first-order valence-electron chi connectivity index (χ1n) is 5.12. The smallest absolute Gasteiger partial charge is 0.211 e. The predicted octanol–water partition coefficient (Wildman–Crippen LogP) is 2.06. The van der Waals surface area contributed by atoms with Gasteiger partial charge < -0.3 is 0 Å². The third-order valence-electron chi connectivity index (χ3n) is 2.26. The molecule has 0 aliphatic carbocycles. The maximum absolute atomic E-state index is 11.7. The van der Waals surface area contributed by atoms with Crippen LogP contribution in [0.3, 0.4) is 0 Å². The number of nitriles is 1. The van der Waals surface area contributed by atoms with Crippen LogP contribution in [0.2, 0.25) is 5.02 Å². The van der Waals surface area contributed by atoms with Crippen molar-refractivity contribution >= 4 is 21.6 Å². The lowest BCUT2D eigenvalue weighted by atomic mass is 10.2. The summed E-state index contributed by atoms with van der Waals surface area (Å²) in [6.07, 6.45) is 0.265. The molecule has 1 unspecified atom stereocenters. The maximum Gasteiger partial charge on any atom is 0.228 e. The maximum atomic E-state index is 11.7. The van der Waals surface area contributed by atoms with E-state index in [9.17, 15) is 8.42 Å². The summed E-state index contributed by atoms with van der Waals surface area (Å²) >= 11 is 5.78. The fourth-order valence-corrected chi connectivity index (χ4v) is 2.67. The minimum absolute atomic E-state index is 0.140. The van der Waals surface area contributed by atoms with Gasteiger partial charge >= 0.3 is 0 Å². The molecule has 0 aliphatic rings.